The molecule has 3 aromatic carbocycles. The molecule has 4 rings (SSSR count). The first-order valence-corrected chi connectivity index (χ1v) is 10.5. The zero-order valence-corrected chi connectivity index (χ0v) is 18.2. The molecule has 1 aromatic heterocycles. The van der Waals surface area contributed by atoms with Gasteiger partial charge >= 0.3 is 5.97 Å². The summed E-state index contributed by atoms with van der Waals surface area (Å²) in [6.45, 7) is 1.76. The number of hydrogen-bond acceptors (Lipinski definition) is 7. The van der Waals surface area contributed by atoms with Crippen LogP contribution < -0.4 is 15.8 Å². The highest BCUT2D eigenvalue weighted by Crippen LogP contribution is 2.34. The quantitative estimate of drug-likeness (QED) is 0.355. The van der Waals surface area contributed by atoms with E-state index in [0.29, 0.717) is 30.2 Å². The maximum absolute atomic E-state index is 10.9. The van der Waals surface area contributed by atoms with Gasteiger partial charge in [-0.3, -0.25) is 4.79 Å². The molecule has 0 spiro atoms. The van der Waals surface area contributed by atoms with E-state index in [4.69, 9.17) is 15.2 Å². The summed E-state index contributed by atoms with van der Waals surface area (Å²) < 4.78 is 10.9. The number of nitrogens with zero attached hydrogens (tertiary/aromatic N) is 2. The molecule has 0 aliphatic carbocycles. The molecule has 0 aliphatic rings. The van der Waals surface area contributed by atoms with Gasteiger partial charge in [-0.15, -0.1) is 0 Å². The third kappa shape index (κ3) is 5.86. The Balaban J connectivity index is 1.50. The Labute approximate surface area is 192 Å². The minimum absolute atomic E-state index is 0.276. The average molecular weight is 441 g/mol. The highest BCUT2D eigenvalue weighted by Gasteiger charge is 2.13. The van der Waals surface area contributed by atoms with Crippen molar-refractivity contribution < 1.29 is 14.3 Å². The van der Waals surface area contributed by atoms with Crippen LogP contribution in [0.4, 0.5) is 17.3 Å². The van der Waals surface area contributed by atoms with Gasteiger partial charge in [0.05, 0.1) is 12.2 Å². The van der Waals surface area contributed by atoms with Crippen LogP contribution in [0.2, 0.25) is 0 Å². The minimum Gasteiger partial charge on any atom is -0.466 e. The lowest BCUT2D eigenvalue weighted by Crippen LogP contribution is -2.04. The second-order valence-corrected chi connectivity index (χ2v) is 7.33. The molecule has 0 amide bonds. The Hall–Kier alpha value is -4.39. The predicted molar refractivity (Wildman–Crippen MR) is 128 cm³/mol. The molecule has 0 radical (unpaired) electrons. The lowest BCUT2D eigenvalue weighted by Gasteiger charge is -2.14. The lowest BCUT2D eigenvalue weighted by molar-refractivity contribution is -0.140. The molecule has 7 heteroatoms. The van der Waals surface area contributed by atoms with E-state index >= 15 is 0 Å². The molecule has 0 saturated carbocycles. The van der Waals surface area contributed by atoms with Crippen LogP contribution in [-0.4, -0.2) is 22.5 Å². The fourth-order valence-electron chi connectivity index (χ4n) is 3.30. The van der Waals surface area contributed by atoms with E-state index in [2.05, 4.69) is 15.3 Å². The van der Waals surface area contributed by atoms with Crippen LogP contribution in [0.3, 0.4) is 0 Å². The van der Waals surface area contributed by atoms with Crippen LogP contribution in [0.5, 0.6) is 11.5 Å². The number of nitrogen functional groups attached to an aromatic ring is 1. The van der Waals surface area contributed by atoms with Crippen molar-refractivity contribution in [1.82, 2.24) is 9.97 Å². The Morgan fingerprint density at radius 1 is 0.909 bits per heavy atom. The van der Waals surface area contributed by atoms with Gasteiger partial charge in [-0.2, -0.15) is 0 Å². The number of aromatic nitrogens is 2. The van der Waals surface area contributed by atoms with E-state index in [-0.39, 0.29) is 5.97 Å². The van der Waals surface area contributed by atoms with Crippen LogP contribution in [0, 0.1) is 0 Å². The number of carbonyl (C=O) groups is 1. The first-order valence-electron chi connectivity index (χ1n) is 10.5. The van der Waals surface area contributed by atoms with Crippen LogP contribution in [0.15, 0.2) is 85.2 Å². The number of ether oxygens (including phenoxy) is 2. The highest BCUT2D eigenvalue weighted by atomic mass is 16.5. The number of benzene rings is 3. The molecule has 1 heterocycles. The maximum Gasteiger partial charge on any atom is 0.302 e. The number of nitrogens with one attached hydrogen (secondary N) is 1. The molecule has 4 aromatic rings. The number of nitrogens with two attached hydrogens (primary N) is 1. The molecular weight excluding hydrogens is 416 g/mol. The standard InChI is InChI=1S/C26H24N4O3/c1-18(31)32-16-15-19-7-11-21(12-8-19)30-26-24(25(27)28-17-29-26)20-9-13-23(14-10-20)33-22-5-3-2-4-6-22/h2-14,17H,15-16H2,1H3,(H3,27,28,29,30). The summed E-state index contributed by atoms with van der Waals surface area (Å²) in [6, 6.07) is 25.1. The smallest absolute Gasteiger partial charge is 0.302 e. The van der Waals surface area contributed by atoms with E-state index in [0.717, 1.165) is 28.3 Å². The summed E-state index contributed by atoms with van der Waals surface area (Å²) in [5.74, 6) is 2.20. The lowest BCUT2D eigenvalue weighted by atomic mass is 10.1. The van der Waals surface area contributed by atoms with E-state index < -0.39 is 0 Å². The Morgan fingerprint density at radius 2 is 1.61 bits per heavy atom. The number of rotatable bonds is 8. The number of anilines is 3. The first-order chi connectivity index (χ1) is 16.1. The highest BCUT2D eigenvalue weighted by molar-refractivity contribution is 5.85. The largest absolute Gasteiger partial charge is 0.466 e. The molecule has 33 heavy (non-hydrogen) atoms. The molecule has 166 valence electrons. The fourth-order valence-corrected chi connectivity index (χ4v) is 3.30. The van der Waals surface area contributed by atoms with Gasteiger partial charge in [-0.1, -0.05) is 42.5 Å². The molecule has 0 atom stereocenters. The molecule has 7 nitrogen and oxygen atoms in total. The van der Waals surface area contributed by atoms with Crippen molar-refractivity contribution in [3.8, 4) is 22.6 Å². The molecule has 0 saturated heterocycles. The summed E-state index contributed by atoms with van der Waals surface area (Å²) in [4.78, 5) is 19.5. The van der Waals surface area contributed by atoms with E-state index in [1.54, 1.807) is 0 Å². The third-order valence-corrected chi connectivity index (χ3v) is 4.91. The van der Waals surface area contributed by atoms with Gasteiger partial charge in [0.2, 0.25) is 0 Å². The van der Waals surface area contributed by atoms with Crippen molar-refractivity contribution in [2.75, 3.05) is 17.7 Å². The van der Waals surface area contributed by atoms with Crippen molar-refractivity contribution in [2.45, 2.75) is 13.3 Å². The Bertz CT molecular complexity index is 1210. The van der Waals surface area contributed by atoms with Crippen molar-refractivity contribution in [1.29, 1.82) is 0 Å². The van der Waals surface area contributed by atoms with Crippen molar-refractivity contribution in [3.05, 3.63) is 90.8 Å². The van der Waals surface area contributed by atoms with E-state index in [1.165, 1.54) is 13.3 Å². The van der Waals surface area contributed by atoms with Crippen LogP contribution in [-0.2, 0) is 16.0 Å². The topological polar surface area (TPSA) is 99.4 Å². The Kier molecular flexibility index (Phi) is 6.80. The Morgan fingerprint density at radius 3 is 2.30 bits per heavy atom. The number of esters is 1. The second kappa shape index (κ2) is 10.3. The number of para-hydroxylation sites is 1. The maximum atomic E-state index is 10.9. The summed E-state index contributed by atoms with van der Waals surface area (Å²) in [7, 11) is 0. The van der Waals surface area contributed by atoms with Gasteiger partial charge in [-0.25, -0.2) is 9.97 Å². The fraction of sp³-hybridized carbons (Fsp3) is 0.115. The van der Waals surface area contributed by atoms with Gasteiger partial charge in [0.15, 0.2) is 0 Å². The zero-order chi connectivity index (χ0) is 23.0. The minimum atomic E-state index is -0.276. The SMILES string of the molecule is CC(=O)OCCc1ccc(Nc2ncnc(N)c2-c2ccc(Oc3ccccc3)cc2)cc1. The van der Waals surface area contributed by atoms with Gasteiger partial charge in [-0.05, 0) is 47.5 Å². The van der Waals surface area contributed by atoms with Gasteiger partial charge in [0.1, 0.15) is 29.5 Å². The molecule has 0 bridgehead atoms. The predicted octanol–water partition coefficient (Wildman–Crippen LogP) is 5.37. The van der Waals surface area contributed by atoms with E-state index in [1.807, 2.05) is 78.9 Å². The van der Waals surface area contributed by atoms with E-state index in [9.17, 15) is 4.79 Å². The van der Waals surface area contributed by atoms with Crippen molar-refractivity contribution >= 4 is 23.3 Å². The van der Waals surface area contributed by atoms with Gasteiger partial charge in [0, 0.05) is 19.0 Å². The van der Waals surface area contributed by atoms with Gasteiger partial charge in [0.25, 0.3) is 0 Å². The monoisotopic (exact) mass is 440 g/mol. The van der Waals surface area contributed by atoms with Crippen LogP contribution in [0.25, 0.3) is 11.1 Å². The third-order valence-electron chi connectivity index (χ3n) is 4.91. The van der Waals surface area contributed by atoms with Crippen LogP contribution >= 0.6 is 0 Å². The molecule has 0 aliphatic heterocycles. The summed E-state index contributed by atoms with van der Waals surface area (Å²) in [6.07, 6.45) is 2.09. The molecule has 3 N–H and O–H groups in total. The first kappa shape index (κ1) is 21.8. The zero-order valence-electron chi connectivity index (χ0n) is 18.2. The van der Waals surface area contributed by atoms with Crippen molar-refractivity contribution in [3.63, 3.8) is 0 Å². The summed E-state index contributed by atoms with van der Waals surface area (Å²) in [5, 5.41) is 3.32. The van der Waals surface area contributed by atoms with Crippen LogP contribution in [0.1, 0.15) is 12.5 Å². The average Bonchev–Trinajstić information content (AvgIpc) is 2.82. The number of carbonyl (C=O) groups excluding carboxylic acids is 1. The number of hydrogen-bond donors (Lipinski definition) is 2. The normalized spacial score (nSPS) is 10.5. The summed E-state index contributed by atoms with van der Waals surface area (Å²) >= 11 is 0. The van der Waals surface area contributed by atoms with Gasteiger partial charge < -0.3 is 20.5 Å². The molecule has 0 unspecified atom stereocenters. The molecule has 0 fully saturated rings. The van der Waals surface area contributed by atoms with Crippen molar-refractivity contribution in [2.24, 2.45) is 0 Å². The second-order valence-electron chi connectivity index (χ2n) is 7.33. The summed E-state index contributed by atoms with van der Waals surface area (Å²) in [5.41, 5.74) is 9.71. The molecular formula is C26H24N4O3.